The zero-order chi connectivity index (χ0) is 21.0. The maximum atomic E-state index is 12.4. The van der Waals surface area contributed by atoms with Crippen LogP contribution in [0.25, 0.3) is 10.9 Å². The number of H-pyrrole nitrogens is 1. The number of ether oxygens (including phenoxy) is 1. The highest BCUT2D eigenvalue weighted by Gasteiger charge is 2.16. The maximum Gasteiger partial charge on any atom is 0.287 e. The molecule has 0 saturated heterocycles. The molecule has 4 rings (SSSR count). The Morgan fingerprint density at radius 2 is 1.97 bits per heavy atom. The van der Waals surface area contributed by atoms with Crippen LogP contribution in [-0.4, -0.2) is 28.4 Å². The van der Waals surface area contributed by atoms with Crippen LogP contribution >= 0.6 is 0 Å². The van der Waals surface area contributed by atoms with Crippen molar-refractivity contribution >= 4 is 28.4 Å². The van der Waals surface area contributed by atoms with Gasteiger partial charge in [-0.25, -0.2) is 4.98 Å². The van der Waals surface area contributed by atoms with E-state index in [1.54, 1.807) is 30.3 Å². The fourth-order valence-corrected chi connectivity index (χ4v) is 2.87. The van der Waals surface area contributed by atoms with Crippen LogP contribution in [0.5, 0.6) is 5.75 Å². The van der Waals surface area contributed by atoms with E-state index in [-0.39, 0.29) is 30.4 Å². The lowest BCUT2D eigenvalue weighted by Gasteiger charge is -2.18. The van der Waals surface area contributed by atoms with Gasteiger partial charge in [0, 0.05) is 6.54 Å². The molecule has 0 saturated carbocycles. The number of fused-ring (bicyclic) bond motifs is 2. The van der Waals surface area contributed by atoms with Crippen molar-refractivity contribution in [2.45, 2.75) is 27.3 Å². The van der Waals surface area contributed by atoms with Crippen molar-refractivity contribution in [2.24, 2.45) is 0 Å². The minimum Gasteiger partial charge on any atom is -0.482 e. The molecule has 0 fully saturated rings. The number of amides is 2. The minimum absolute atomic E-state index is 0.0103. The molecule has 29 heavy (non-hydrogen) atoms. The van der Waals surface area contributed by atoms with Crippen LogP contribution in [0.4, 0.5) is 5.69 Å². The third-order valence-corrected chi connectivity index (χ3v) is 4.21. The standard InChI is InChI=1S/C19H16N4O4.C2H6/c1-10-2-4-13-12(6-10)18(25)23-17(22-13)19(26)20-8-11-3-5-15-14(7-11)21-16(24)9-27-15;1-2/h2-7H,8-9H2,1H3,(H,20,26)(H,21,24)(H,22,23,25);1-2H3. The number of hydrogen-bond acceptors (Lipinski definition) is 5. The average molecular weight is 394 g/mol. The molecule has 0 aliphatic carbocycles. The van der Waals surface area contributed by atoms with E-state index in [4.69, 9.17) is 4.74 Å². The molecule has 0 unspecified atom stereocenters. The number of aromatic amines is 1. The summed E-state index contributed by atoms with van der Waals surface area (Å²) in [5.74, 6) is -0.184. The van der Waals surface area contributed by atoms with Crippen molar-refractivity contribution in [2.75, 3.05) is 11.9 Å². The van der Waals surface area contributed by atoms with Crippen LogP contribution in [0.15, 0.2) is 41.2 Å². The summed E-state index contributed by atoms with van der Waals surface area (Å²) in [6.45, 7) is 6.08. The molecule has 0 spiro atoms. The van der Waals surface area contributed by atoms with Gasteiger partial charge in [-0.15, -0.1) is 0 Å². The van der Waals surface area contributed by atoms with Gasteiger partial charge < -0.3 is 20.4 Å². The molecular weight excluding hydrogens is 372 g/mol. The second kappa shape index (κ2) is 8.55. The lowest BCUT2D eigenvalue weighted by atomic mass is 10.1. The summed E-state index contributed by atoms with van der Waals surface area (Å²) in [6, 6.07) is 10.5. The highest BCUT2D eigenvalue weighted by molar-refractivity contribution is 5.95. The molecule has 1 aliphatic heterocycles. The monoisotopic (exact) mass is 394 g/mol. The largest absolute Gasteiger partial charge is 0.482 e. The van der Waals surface area contributed by atoms with E-state index in [1.165, 1.54) is 0 Å². The van der Waals surface area contributed by atoms with E-state index < -0.39 is 5.91 Å². The van der Waals surface area contributed by atoms with Gasteiger partial charge in [0.05, 0.1) is 16.6 Å². The van der Waals surface area contributed by atoms with Gasteiger partial charge in [-0.1, -0.05) is 31.5 Å². The Labute approximate surface area is 167 Å². The second-order valence-corrected chi connectivity index (χ2v) is 6.29. The Hall–Kier alpha value is -3.68. The molecule has 1 aromatic heterocycles. The van der Waals surface area contributed by atoms with E-state index >= 15 is 0 Å². The number of anilines is 1. The summed E-state index contributed by atoms with van der Waals surface area (Å²) >= 11 is 0. The molecule has 2 aromatic carbocycles. The van der Waals surface area contributed by atoms with Gasteiger partial charge in [0.2, 0.25) is 0 Å². The maximum absolute atomic E-state index is 12.4. The Bertz CT molecular complexity index is 1140. The predicted octanol–water partition coefficient (Wildman–Crippen LogP) is 2.52. The molecule has 2 amide bonds. The first-order valence-electron chi connectivity index (χ1n) is 9.34. The van der Waals surface area contributed by atoms with Gasteiger partial charge >= 0.3 is 0 Å². The van der Waals surface area contributed by atoms with E-state index in [0.29, 0.717) is 22.3 Å². The number of nitrogens with zero attached hydrogens (tertiary/aromatic N) is 1. The molecule has 3 N–H and O–H groups in total. The van der Waals surface area contributed by atoms with E-state index in [1.807, 2.05) is 26.8 Å². The van der Waals surface area contributed by atoms with Crippen molar-refractivity contribution in [1.82, 2.24) is 15.3 Å². The Kier molecular flexibility index (Phi) is 5.92. The molecule has 2 heterocycles. The lowest BCUT2D eigenvalue weighted by Crippen LogP contribution is -2.28. The summed E-state index contributed by atoms with van der Waals surface area (Å²) in [5.41, 5.74) is 2.37. The fourth-order valence-electron chi connectivity index (χ4n) is 2.87. The van der Waals surface area contributed by atoms with Crippen molar-refractivity contribution in [3.63, 3.8) is 0 Å². The minimum atomic E-state index is -0.493. The fraction of sp³-hybridized carbons (Fsp3) is 0.238. The van der Waals surface area contributed by atoms with Gasteiger partial charge in [-0.05, 0) is 36.8 Å². The zero-order valence-corrected chi connectivity index (χ0v) is 16.5. The number of hydrogen-bond donors (Lipinski definition) is 3. The average Bonchev–Trinajstić information content (AvgIpc) is 2.73. The molecule has 0 radical (unpaired) electrons. The summed E-state index contributed by atoms with van der Waals surface area (Å²) in [6.07, 6.45) is 0. The Morgan fingerprint density at radius 1 is 1.17 bits per heavy atom. The van der Waals surface area contributed by atoms with E-state index in [9.17, 15) is 14.4 Å². The van der Waals surface area contributed by atoms with Crippen LogP contribution < -0.4 is 20.9 Å². The topological polar surface area (TPSA) is 113 Å². The van der Waals surface area contributed by atoms with E-state index in [0.717, 1.165) is 11.1 Å². The van der Waals surface area contributed by atoms with Crippen molar-refractivity contribution in [1.29, 1.82) is 0 Å². The molecular formula is C21H22N4O4. The lowest BCUT2D eigenvalue weighted by molar-refractivity contribution is -0.118. The van der Waals surface area contributed by atoms with Crippen LogP contribution in [0.2, 0.25) is 0 Å². The van der Waals surface area contributed by atoms with Crippen LogP contribution in [0.1, 0.15) is 35.6 Å². The molecule has 0 bridgehead atoms. The van der Waals surface area contributed by atoms with Crippen LogP contribution in [0.3, 0.4) is 0 Å². The molecule has 8 nitrogen and oxygen atoms in total. The Morgan fingerprint density at radius 3 is 2.76 bits per heavy atom. The van der Waals surface area contributed by atoms with E-state index in [2.05, 4.69) is 20.6 Å². The molecule has 150 valence electrons. The summed E-state index contributed by atoms with van der Waals surface area (Å²) in [4.78, 5) is 42.7. The number of nitrogens with one attached hydrogen (secondary N) is 3. The Balaban J connectivity index is 0.00000117. The summed E-state index contributed by atoms with van der Waals surface area (Å²) in [7, 11) is 0. The number of aryl methyl sites for hydroxylation is 1. The highest BCUT2D eigenvalue weighted by atomic mass is 16.5. The van der Waals surface area contributed by atoms with Crippen molar-refractivity contribution in [3.05, 3.63) is 63.7 Å². The highest BCUT2D eigenvalue weighted by Crippen LogP contribution is 2.28. The number of aromatic nitrogens is 2. The van der Waals surface area contributed by atoms with Crippen molar-refractivity contribution in [3.8, 4) is 5.75 Å². The van der Waals surface area contributed by atoms with Crippen LogP contribution in [0, 0.1) is 6.92 Å². The smallest absolute Gasteiger partial charge is 0.287 e. The summed E-state index contributed by atoms with van der Waals surface area (Å²) < 4.78 is 5.30. The van der Waals surface area contributed by atoms with Gasteiger partial charge in [0.15, 0.2) is 12.4 Å². The molecule has 0 atom stereocenters. The molecule has 8 heteroatoms. The predicted molar refractivity (Wildman–Crippen MR) is 110 cm³/mol. The summed E-state index contributed by atoms with van der Waals surface area (Å²) in [5, 5.41) is 5.87. The third-order valence-electron chi connectivity index (χ3n) is 4.21. The van der Waals surface area contributed by atoms with Gasteiger partial charge in [0.1, 0.15) is 5.75 Å². The first-order valence-corrected chi connectivity index (χ1v) is 9.34. The third kappa shape index (κ3) is 4.43. The zero-order valence-electron chi connectivity index (χ0n) is 16.5. The van der Waals surface area contributed by atoms with Crippen LogP contribution in [-0.2, 0) is 11.3 Å². The first kappa shape index (κ1) is 20.1. The molecule has 1 aliphatic rings. The quantitative estimate of drug-likeness (QED) is 0.632. The number of benzene rings is 2. The second-order valence-electron chi connectivity index (χ2n) is 6.29. The normalized spacial score (nSPS) is 12.2. The van der Waals surface area contributed by atoms with Gasteiger partial charge in [-0.2, -0.15) is 0 Å². The molecule has 3 aromatic rings. The number of rotatable bonds is 3. The number of carbonyl (C=O) groups is 2. The van der Waals surface area contributed by atoms with Gasteiger partial charge in [-0.3, -0.25) is 14.4 Å². The first-order chi connectivity index (χ1) is 14.0. The SMILES string of the molecule is CC.Cc1ccc2nc(C(=O)NCc3ccc4c(c3)NC(=O)CO4)[nH]c(=O)c2c1. The van der Waals surface area contributed by atoms with Crippen molar-refractivity contribution < 1.29 is 14.3 Å². The van der Waals surface area contributed by atoms with Gasteiger partial charge in [0.25, 0.3) is 17.4 Å². The number of carbonyl (C=O) groups excluding carboxylic acids is 2.